The van der Waals surface area contributed by atoms with Gasteiger partial charge in [-0.05, 0) is 48.4 Å². The van der Waals surface area contributed by atoms with Crippen molar-refractivity contribution in [3.8, 4) is 0 Å². The Labute approximate surface area is 142 Å². The number of nitrogens with one attached hydrogen (secondary N) is 1. The summed E-state index contributed by atoms with van der Waals surface area (Å²) in [6.07, 6.45) is 3.61. The summed E-state index contributed by atoms with van der Waals surface area (Å²) in [5.41, 5.74) is 0.719. The minimum atomic E-state index is -0.103. The fourth-order valence-electron chi connectivity index (χ4n) is 3.52. The number of fused-ring (bicyclic) bond motifs is 1. The minimum Gasteiger partial charge on any atom is -0.469 e. The van der Waals surface area contributed by atoms with Gasteiger partial charge in [0, 0.05) is 12.1 Å². The molecular weight excluding hydrogens is 302 g/mol. The lowest BCUT2D eigenvalue weighted by molar-refractivity contribution is -0.146. The standard InChI is InChI=1S/C20H23NO3/c1-24-20(23)16-11-9-14(10-12-16)13-21-19(22)18-8-4-6-15-5-2-3-7-17(15)18/h2-8,14,16H,9-13H2,1H3,(H,21,22). The van der Waals surface area contributed by atoms with Crippen LogP contribution in [0, 0.1) is 11.8 Å². The van der Waals surface area contributed by atoms with Crippen LogP contribution in [0.2, 0.25) is 0 Å². The number of carbonyl (C=O) groups is 2. The first-order valence-corrected chi connectivity index (χ1v) is 8.53. The third-order valence-corrected chi connectivity index (χ3v) is 4.97. The lowest BCUT2D eigenvalue weighted by Gasteiger charge is -2.27. The molecule has 4 nitrogen and oxygen atoms in total. The average molecular weight is 325 g/mol. The molecule has 2 aromatic carbocycles. The number of esters is 1. The molecule has 3 rings (SSSR count). The summed E-state index contributed by atoms with van der Waals surface area (Å²) in [6, 6.07) is 13.7. The highest BCUT2D eigenvalue weighted by Gasteiger charge is 2.27. The zero-order valence-electron chi connectivity index (χ0n) is 14.0. The second kappa shape index (κ2) is 7.47. The van der Waals surface area contributed by atoms with E-state index in [-0.39, 0.29) is 17.8 Å². The lowest BCUT2D eigenvalue weighted by Crippen LogP contribution is -2.32. The molecule has 0 saturated heterocycles. The fraction of sp³-hybridized carbons (Fsp3) is 0.400. The van der Waals surface area contributed by atoms with Gasteiger partial charge in [0.05, 0.1) is 13.0 Å². The SMILES string of the molecule is COC(=O)C1CCC(CNC(=O)c2cccc3ccccc23)CC1. The molecule has 0 atom stereocenters. The molecule has 0 aromatic heterocycles. The Morgan fingerprint density at radius 3 is 2.50 bits per heavy atom. The van der Waals surface area contributed by atoms with Crippen LogP contribution >= 0.6 is 0 Å². The molecule has 1 aliphatic rings. The number of rotatable bonds is 4. The van der Waals surface area contributed by atoms with E-state index >= 15 is 0 Å². The van der Waals surface area contributed by atoms with Gasteiger partial charge < -0.3 is 10.1 Å². The Hall–Kier alpha value is -2.36. The molecule has 0 spiro atoms. The maximum Gasteiger partial charge on any atom is 0.308 e. The van der Waals surface area contributed by atoms with Crippen molar-refractivity contribution in [2.75, 3.05) is 13.7 Å². The van der Waals surface area contributed by atoms with E-state index in [1.807, 2.05) is 42.5 Å². The summed E-state index contributed by atoms with van der Waals surface area (Å²) in [6.45, 7) is 0.663. The monoisotopic (exact) mass is 325 g/mol. The predicted octanol–water partition coefficient (Wildman–Crippen LogP) is 3.55. The smallest absolute Gasteiger partial charge is 0.308 e. The summed E-state index contributed by atoms with van der Waals surface area (Å²) in [5.74, 6) is 0.333. The number of amides is 1. The van der Waals surface area contributed by atoms with Crippen molar-refractivity contribution in [1.29, 1.82) is 0 Å². The Bertz CT molecular complexity index is 727. The average Bonchev–Trinajstić information content (AvgIpc) is 2.65. The Morgan fingerprint density at radius 2 is 1.75 bits per heavy atom. The van der Waals surface area contributed by atoms with Crippen molar-refractivity contribution in [3.05, 3.63) is 48.0 Å². The second-order valence-corrected chi connectivity index (χ2v) is 6.48. The number of methoxy groups -OCH3 is 1. The van der Waals surface area contributed by atoms with Gasteiger partial charge in [-0.2, -0.15) is 0 Å². The van der Waals surface area contributed by atoms with Gasteiger partial charge >= 0.3 is 5.97 Å². The maximum atomic E-state index is 12.5. The van der Waals surface area contributed by atoms with Crippen LogP contribution in [0.3, 0.4) is 0 Å². The molecule has 1 fully saturated rings. The third kappa shape index (κ3) is 3.58. The van der Waals surface area contributed by atoms with Crippen LogP contribution in [0.4, 0.5) is 0 Å². The van der Waals surface area contributed by atoms with E-state index < -0.39 is 0 Å². The molecule has 1 amide bonds. The number of hydrogen-bond donors (Lipinski definition) is 1. The van der Waals surface area contributed by atoms with Crippen LogP contribution in [0.25, 0.3) is 10.8 Å². The van der Waals surface area contributed by atoms with Gasteiger partial charge in [0.1, 0.15) is 0 Å². The number of carbonyl (C=O) groups excluding carboxylic acids is 2. The quantitative estimate of drug-likeness (QED) is 0.875. The van der Waals surface area contributed by atoms with E-state index in [9.17, 15) is 9.59 Å². The van der Waals surface area contributed by atoms with Crippen molar-refractivity contribution in [3.63, 3.8) is 0 Å². The zero-order chi connectivity index (χ0) is 16.9. The van der Waals surface area contributed by atoms with Gasteiger partial charge in [0.25, 0.3) is 5.91 Å². The lowest BCUT2D eigenvalue weighted by atomic mass is 9.82. The van der Waals surface area contributed by atoms with E-state index in [0.717, 1.165) is 42.0 Å². The number of benzene rings is 2. The highest BCUT2D eigenvalue weighted by atomic mass is 16.5. The summed E-state index contributed by atoms with van der Waals surface area (Å²) < 4.78 is 4.81. The molecule has 1 N–H and O–H groups in total. The molecular formula is C20H23NO3. The topological polar surface area (TPSA) is 55.4 Å². The van der Waals surface area contributed by atoms with Crippen molar-refractivity contribution in [2.24, 2.45) is 11.8 Å². The number of hydrogen-bond acceptors (Lipinski definition) is 3. The summed E-state index contributed by atoms with van der Waals surface area (Å²) in [7, 11) is 1.44. The molecule has 4 heteroatoms. The molecule has 2 aromatic rings. The predicted molar refractivity (Wildman–Crippen MR) is 93.7 cm³/mol. The number of ether oxygens (including phenoxy) is 1. The molecule has 24 heavy (non-hydrogen) atoms. The highest BCUT2D eigenvalue weighted by molar-refractivity contribution is 6.06. The van der Waals surface area contributed by atoms with Crippen LogP contribution in [0.15, 0.2) is 42.5 Å². The van der Waals surface area contributed by atoms with E-state index in [1.54, 1.807) is 0 Å². The molecule has 126 valence electrons. The van der Waals surface area contributed by atoms with Gasteiger partial charge in [-0.3, -0.25) is 9.59 Å². The van der Waals surface area contributed by atoms with E-state index in [4.69, 9.17) is 4.74 Å². The Balaban J connectivity index is 1.57. The largest absolute Gasteiger partial charge is 0.469 e. The zero-order valence-corrected chi connectivity index (χ0v) is 14.0. The van der Waals surface area contributed by atoms with Crippen molar-refractivity contribution in [1.82, 2.24) is 5.32 Å². The molecule has 0 heterocycles. The van der Waals surface area contributed by atoms with E-state index in [1.165, 1.54) is 7.11 Å². The molecule has 0 radical (unpaired) electrons. The minimum absolute atomic E-state index is 0.0260. The van der Waals surface area contributed by atoms with E-state index in [2.05, 4.69) is 5.32 Å². The normalized spacial score (nSPS) is 20.5. The van der Waals surface area contributed by atoms with Crippen molar-refractivity contribution in [2.45, 2.75) is 25.7 Å². The second-order valence-electron chi connectivity index (χ2n) is 6.48. The molecule has 0 bridgehead atoms. The first-order chi connectivity index (χ1) is 11.7. The molecule has 1 saturated carbocycles. The van der Waals surface area contributed by atoms with Gasteiger partial charge in [-0.1, -0.05) is 36.4 Å². The van der Waals surface area contributed by atoms with Crippen LogP contribution in [0.5, 0.6) is 0 Å². The van der Waals surface area contributed by atoms with Crippen LogP contribution in [-0.4, -0.2) is 25.5 Å². The molecule has 0 aliphatic heterocycles. The molecule has 1 aliphatic carbocycles. The van der Waals surface area contributed by atoms with Crippen LogP contribution < -0.4 is 5.32 Å². The fourth-order valence-corrected chi connectivity index (χ4v) is 3.52. The maximum absolute atomic E-state index is 12.5. The Kier molecular flexibility index (Phi) is 5.14. The Morgan fingerprint density at radius 1 is 1.04 bits per heavy atom. The van der Waals surface area contributed by atoms with E-state index in [0.29, 0.717) is 12.5 Å². The van der Waals surface area contributed by atoms with Gasteiger partial charge in [-0.15, -0.1) is 0 Å². The highest BCUT2D eigenvalue weighted by Crippen LogP contribution is 2.29. The molecule has 0 unspecified atom stereocenters. The summed E-state index contributed by atoms with van der Waals surface area (Å²) in [5, 5.41) is 5.12. The first kappa shape index (κ1) is 16.5. The van der Waals surface area contributed by atoms with Gasteiger partial charge in [0.2, 0.25) is 0 Å². The van der Waals surface area contributed by atoms with Gasteiger partial charge in [0.15, 0.2) is 0 Å². The van der Waals surface area contributed by atoms with Crippen LogP contribution in [-0.2, 0) is 9.53 Å². The van der Waals surface area contributed by atoms with Crippen molar-refractivity contribution >= 4 is 22.6 Å². The summed E-state index contributed by atoms with van der Waals surface area (Å²) in [4.78, 5) is 24.1. The van der Waals surface area contributed by atoms with Crippen LogP contribution in [0.1, 0.15) is 36.0 Å². The van der Waals surface area contributed by atoms with Gasteiger partial charge in [-0.25, -0.2) is 0 Å². The summed E-state index contributed by atoms with van der Waals surface area (Å²) >= 11 is 0. The third-order valence-electron chi connectivity index (χ3n) is 4.97. The van der Waals surface area contributed by atoms with Crippen molar-refractivity contribution < 1.29 is 14.3 Å². The first-order valence-electron chi connectivity index (χ1n) is 8.53.